The Bertz CT molecular complexity index is 331. The summed E-state index contributed by atoms with van der Waals surface area (Å²) in [6.07, 6.45) is 2.40. The minimum atomic E-state index is 0.526. The Kier molecular flexibility index (Phi) is 3.26. The van der Waals surface area contributed by atoms with Gasteiger partial charge in [-0.25, -0.2) is 4.68 Å². The van der Waals surface area contributed by atoms with Crippen molar-refractivity contribution >= 4 is 40.2 Å². The number of anilines is 1. The maximum atomic E-state index is 6.02. The summed E-state index contributed by atoms with van der Waals surface area (Å²) in [5.74, 6) is 3.32. The number of nitrogen functional groups attached to an aromatic ring is 1. The highest BCUT2D eigenvalue weighted by Crippen LogP contribution is 2.30. The number of aromatic nitrogens is 2. The topological polar surface area (TPSA) is 43.8 Å². The molecule has 2 rings (SSSR count). The number of rotatable bonds is 1. The Balaban J connectivity index is 2.26. The quantitative estimate of drug-likeness (QED) is 0.808. The first-order valence-corrected chi connectivity index (χ1v) is 7.01. The van der Waals surface area contributed by atoms with Gasteiger partial charge in [0.05, 0.1) is 15.3 Å². The molecular formula is C9H14IN3S. The van der Waals surface area contributed by atoms with E-state index in [1.165, 1.54) is 24.3 Å². The maximum absolute atomic E-state index is 6.02. The average Bonchev–Trinajstić information content (AvgIpc) is 2.47. The van der Waals surface area contributed by atoms with Crippen molar-refractivity contribution in [3.8, 4) is 0 Å². The highest BCUT2D eigenvalue weighted by molar-refractivity contribution is 14.1. The Morgan fingerprint density at radius 2 is 2.14 bits per heavy atom. The van der Waals surface area contributed by atoms with Crippen LogP contribution >= 0.6 is 34.4 Å². The molecule has 0 aromatic carbocycles. The molecule has 1 aromatic rings. The van der Waals surface area contributed by atoms with Gasteiger partial charge in [-0.1, -0.05) is 0 Å². The average molecular weight is 323 g/mol. The van der Waals surface area contributed by atoms with Crippen LogP contribution in [0.15, 0.2) is 0 Å². The summed E-state index contributed by atoms with van der Waals surface area (Å²) in [5, 5.41) is 4.51. The van der Waals surface area contributed by atoms with E-state index in [1.807, 2.05) is 23.4 Å². The maximum Gasteiger partial charge on any atom is 0.135 e. The summed E-state index contributed by atoms with van der Waals surface area (Å²) in [7, 11) is 0. The molecule has 2 N–H and O–H groups in total. The summed E-state index contributed by atoms with van der Waals surface area (Å²) < 4.78 is 3.14. The van der Waals surface area contributed by atoms with E-state index >= 15 is 0 Å². The lowest BCUT2D eigenvalue weighted by molar-refractivity contribution is 0.431. The van der Waals surface area contributed by atoms with E-state index in [2.05, 4.69) is 27.7 Å². The molecule has 0 bridgehead atoms. The molecule has 0 amide bonds. The van der Waals surface area contributed by atoms with Gasteiger partial charge in [0.1, 0.15) is 5.82 Å². The second-order valence-corrected chi connectivity index (χ2v) is 5.88. The third kappa shape index (κ3) is 1.88. The smallest absolute Gasteiger partial charge is 0.135 e. The summed E-state index contributed by atoms with van der Waals surface area (Å²) in [6, 6.07) is 0.526. The zero-order valence-corrected chi connectivity index (χ0v) is 11.1. The van der Waals surface area contributed by atoms with Gasteiger partial charge in [0.15, 0.2) is 0 Å². The molecule has 0 atom stereocenters. The minimum Gasteiger partial charge on any atom is -0.383 e. The van der Waals surface area contributed by atoms with Gasteiger partial charge in [0.2, 0.25) is 0 Å². The first-order chi connectivity index (χ1) is 6.70. The lowest BCUT2D eigenvalue weighted by Gasteiger charge is -2.22. The van der Waals surface area contributed by atoms with Crippen molar-refractivity contribution in [2.45, 2.75) is 25.8 Å². The van der Waals surface area contributed by atoms with Crippen LogP contribution in [0.25, 0.3) is 0 Å². The number of hydrogen-bond donors (Lipinski definition) is 1. The largest absolute Gasteiger partial charge is 0.383 e. The van der Waals surface area contributed by atoms with Crippen LogP contribution < -0.4 is 5.73 Å². The zero-order valence-electron chi connectivity index (χ0n) is 8.16. The number of nitrogens with two attached hydrogens (primary N) is 1. The SMILES string of the molecule is Cc1nn(C2CCSCC2)c(N)c1I. The van der Waals surface area contributed by atoms with Gasteiger partial charge in [-0.2, -0.15) is 16.9 Å². The lowest BCUT2D eigenvalue weighted by atomic mass is 10.2. The van der Waals surface area contributed by atoms with Crippen LogP contribution in [0.1, 0.15) is 24.6 Å². The Labute approximate surface area is 102 Å². The van der Waals surface area contributed by atoms with E-state index in [-0.39, 0.29) is 0 Å². The van der Waals surface area contributed by atoms with E-state index in [4.69, 9.17) is 5.73 Å². The van der Waals surface area contributed by atoms with Crippen molar-refractivity contribution in [2.24, 2.45) is 0 Å². The van der Waals surface area contributed by atoms with Gasteiger partial charge in [0.25, 0.3) is 0 Å². The van der Waals surface area contributed by atoms with Crippen molar-refractivity contribution in [3.05, 3.63) is 9.26 Å². The summed E-state index contributed by atoms with van der Waals surface area (Å²) in [6.45, 7) is 2.02. The monoisotopic (exact) mass is 323 g/mol. The van der Waals surface area contributed by atoms with E-state index in [9.17, 15) is 0 Å². The fraction of sp³-hybridized carbons (Fsp3) is 0.667. The molecule has 1 saturated heterocycles. The van der Waals surface area contributed by atoms with Crippen LogP contribution in [0.5, 0.6) is 0 Å². The lowest BCUT2D eigenvalue weighted by Crippen LogP contribution is -2.18. The number of aryl methyl sites for hydroxylation is 1. The van der Waals surface area contributed by atoms with Gasteiger partial charge < -0.3 is 5.73 Å². The fourth-order valence-corrected chi connectivity index (χ4v) is 3.19. The summed E-state index contributed by atoms with van der Waals surface area (Å²) in [4.78, 5) is 0. The van der Waals surface area contributed by atoms with Gasteiger partial charge in [-0.15, -0.1) is 0 Å². The second-order valence-electron chi connectivity index (χ2n) is 3.57. The van der Waals surface area contributed by atoms with E-state index < -0.39 is 0 Å². The summed E-state index contributed by atoms with van der Waals surface area (Å²) in [5.41, 5.74) is 7.08. The van der Waals surface area contributed by atoms with E-state index in [0.717, 1.165) is 15.1 Å². The molecule has 1 aliphatic heterocycles. The number of hydrogen-bond acceptors (Lipinski definition) is 3. The molecule has 5 heteroatoms. The van der Waals surface area contributed by atoms with Crippen LogP contribution in [0.4, 0.5) is 5.82 Å². The fourth-order valence-electron chi connectivity index (χ4n) is 1.75. The predicted octanol–water partition coefficient (Wildman–Crippen LogP) is 2.45. The third-order valence-corrected chi connectivity index (χ3v) is 4.97. The first-order valence-electron chi connectivity index (χ1n) is 4.78. The Morgan fingerprint density at radius 3 is 2.64 bits per heavy atom. The number of thioether (sulfide) groups is 1. The first kappa shape index (κ1) is 10.6. The molecule has 78 valence electrons. The molecule has 1 fully saturated rings. The number of halogens is 1. The normalized spacial score (nSPS) is 18.7. The van der Waals surface area contributed by atoms with Crippen molar-refractivity contribution < 1.29 is 0 Å². The van der Waals surface area contributed by atoms with Crippen LogP contribution in [0, 0.1) is 10.5 Å². The molecule has 1 aromatic heterocycles. The van der Waals surface area contributed by atoms with Crippen LogP contribution in [0.2, 0.25) is 0 Å². The van der Waals surface area contributed by atoms with Crippen LogP contribution in [-0.2, 0) is 0 Å². The molecule has 14 heavy (non-hydrogen) atoms. The molecule has 1 aliphatic rings. The number of nitrogens with zero attached hydrogens (tertiary/aromatic N) is 2. The van der Waals surface area contributed by atoms with Gasteiger partial charge in [-0.05, 0) is 53.9 Å². The molecular weight excluding hydrogens is 309 g/mol. The predicted molar refractivity (Wildman–Crippen MR) is 69.7 cm³/mol. The van der Waals surface area contributed by atoms with E-state index in [1.54, 1.807) is 0 Å². The molecule has 0 unspecified atom stereocenters. The van der Waals surface area contributed by atoms with Crippen LogP contribution in [0.3, 0.4) is 0 Å². The van der Waals surface area contributed by atoms with Gasteiger partial charge >= 0.3 is 0 Å². The molecule has 0 aliphatic carbocycles. The minimum absolute atomic E-state index is 0.526. The Morgan fingerprint density at radius 1 is 1.50 bits per heavy atom. The van der Waals surface area contributed by atoms with Gasteiger partial charge in [-0.3, -0.25) is 0 Å². The molecule has 0 saturated carbocycles. The van der Waals surface area contributed by atoms with Crippen LogP contribution in [-0.4, -0.2) is 21.3 Å². The standard InChI is InChI=1S/C9H14IN3S/c1-6-8(10)9(11)13(12-6)7-2-4-14-5-3-7/h7H,2-5,11H2,1H3. The van der Waals surface area contributed by atoms with Crippen molar-refractivity contribution in [2.75, 3.05) is 17.2 Å². The van der Waals surface area contributed by atoms with Crippen molar-refractivity contribution in [1.29, 1.82) is 0 Å². The molecule has 0 spiro atoms. The second kappa shape index (κ2) is 4.30. The molecule has 0 radical (unpaired) electrons. The third-order valence-electron chi connectivity index (χ3n) is 2.58. The summed E-state index contributed by atoms with van der Waals surface area (Å²) >= 11 is 4.30. The van der Waals surface area contributed by atoms with Crippen molar-refractivity contribution in [3.63, 3.8) is 0 Å². The highest BCUT2D eigenvalue weighted by Gasteiger charge is 2.20. The van der Waals surface area contributed by atoms with Crippen molar-refractivity contribution in [1.82, 2.24) is 9.78 Å². The van der Waals surface area contributed by atoms with E-state index in [0.29, 0.717) is 6.04 Å². The van der Waals surface area contributed by atoms with Gasteiger partial charge in [0, 0.05) is 0 Å². The molecule has 2 heterocycles. The Hall–Kier alpha value is 0.0900. The molecule has 3 nitrogen and oxygen atoms in total. The highest BCUT2D eigenvalue weighted by atomic mass is 127. The zero-order chi connectivity index (χ0) is 10.1.